The monoisotopic (exact) mass is 471 g/mol. The highest BCUT2D eigenvalue weighted by Gasteiger charge is 2.25. The molecule has 4 rings (SSSR count). The van der Waals surface area contributed by atoms with E-state index in [0.29, 0.717) is 13.2 Å². The third-order valence-electron chi connectivity index (χ3n) is 7.10. The predicted molar refractivity (Wildman–Crippen MR) is 136 cm³/mol. The van der Waals surface area contributed by atoms with Crippen molar-refractivity contribution >= 4 is 11.6 Å². The first-order chi connectivity index (χ1) is 15.9. The van der Waals surface area contributed by atoms with E-state index in [0.717, 1.165) is 42.4 Å². The molecule has 180 valence electrons. The molecule has 2 aromatic carbocycles. The molecule has 2 aromatic rings. The number of fused-ring (bicyclic) bond motifs is 1. The number of nitrogens with zero attached hydrogens (tertiary/aromatic N) is 1. The maximum atomic E-state index is 6.38. The van der Waals surface area contributed by atoms with Gasteiger partial charge in [0.1, 0.15) is 12.7 Å². The Bertz CT molecular complexity index is 933. The number of likely N-dealkylation sites (tertiary alicyclic amines) is 1. The summed E-state index contributed by atoms with van der Waals surface area (Å²) < 4.78 is 18.5. The molecule has 0 aromatic heterocycles. The van der Waals surface area contributed by atoms with E-state index < -0.39 is 0 Å². The van der Waals surface area contributed by atoms with Crippen molar-refractivity contribution < 1.29 is 14.2 Å². The second kappa shape index (κ2) is 11.1. The van der Waals surface area contributed by atoms with E-state index in [1.807, 2.05) is 13.0 Å². The number of hydrogen-bond acceptors (Lipinski definition) is 4. The highest BCUT2D eigenvalue weighted by atomic mass is 35.5. The van der Waals surface area contributed by atoms with Crippen LogP contribution >= 0.6 is 11.6 Å². The van der Waals surface area contributed by atoms with Gasteiger partial charge in [0.05, 0.1) is 18.1 Å². The fraction of sp³-hybridized carbons (Fsp3) is 0.571. The summed E-state index contributed by atoms with van der Waals surface area (Å²) in [7, 11) is 0. The second-order valence-electron chi connectivity index (χ2n) is 9.73. The topological polar surface area (TPSA) is 30.9 Å². The van der Waals surface area contributed by atoms with Crippen molar-refractivity contribution in [2.24, 2.45) is 5.92 Å². The molecule has 1 fully saturated rings. The molecule has 3 unspecified atom stereocenters. The van der Waals surface area contributed by atoms with Gasteiger partial charge in [0.25, 0.3) is 0 Å². The van der Waals surface area contributed by atoms with E-state index in [1.54, 1.807) is 0 Å². The first-order valence-electron chi connectivity index (χ1n) is 12.4. The molecule has 5 heteroatoms. The van der Waals surface area contributed by atoms with Crippen molar-refractivity contribution in [1.29, 1.82) is 0 Å². The molecule has 0 N–H and O–H groups in total. The zero-order chi connectivity index (χ0) is 23.4. The Morgan fingerprint density at radius 1 is 1.21 bits per heavy atom. The number of benzene rings is 2. The normalized spacial score (nSPS) is 22.3. The third kappa shape index (κ3) is 6.03. The van der Waals surface area contributed by atoms with Crippen LogP contribution in [0.2, 0.25) is 0 Å². The molecule has 33 heavy (non-hydrogen) atoms. The van der Waals surface area contributed by atoms with E-state index in [4.69, 9.17) is 25.8 Å². The second-order valence-corrected chi connectivity index (χ2v) is 10.3. The maximum Gasteiger partial charge on any atom is 0.162 e. The number of halogens is 1. The van der Waals surface area contributed by atoms with Gasteiger partial charge in [-0.15, -0.1) is 11.6 Å². The Labute approximate surface area is 204 Å². The van der Waals surface area contributed by atoms with E-state index >= 15 is 0 Å². The Hall–Kier alpha value is -1.75. The quantitative estimate of drug-likeness (QED) is 0.393. The molecule has 0 aliphatic carbocycles. The van der Waals surface area contributed by atoms with Gasteiger partial charge in [0.15, 0.2) is 11.5 Å². The molecule has 0 radical (unpaired) electrons. The molecule has 0 saturated carbocycles. The Morgan fingerprint density at radius 3 is 2.82 bits per heavy atom. The predicted octanol–water partition coefficient (Wildman–Crippen LogP) is 6.46. The number of ether oxygens (including phenoxy) is 3. The molecule has 2 heterocycles. The largest absolute Gasteiger partial charge is 0.486 e. The molecule has 2 aliphatic heterocycles. The van der Waals surface area contributed by atoms with Crippen LogP contribution in [0, 0.1) is 12.8 Å². The van der Waals surface area contributed by atoms with Crippen molar-refractivity contribution in [3.8, 4) is 22.6 Å². The van der Waals surface area contributed by atoms with Crippen LogP contribution in [-0.4, -0.2) is 48.7 Å². The van der Waals surface area contributed by atoms with Gasteiger partial charge in [-0.25, -0.2) is 0 Å². The first-order valence-corrected chi connectivity index (χ1v) is 12.9. The van der Waals surface area contributed by atoms with Gasteiger partial charge in [0, 0.05) is 19.5 Å². The summed E-state index contributed by atoms with van der Waals surface area (Å²) in [4.78, 5) is 2.55. The van der Waals surface area contributed by atoms with Crippen molar-refractivity contribution in [3.05, 3.63) is 47.5 Å². The Morgan fingerprint density at radius 2 is 2.06 bits per heavy atom. The molecular weight excluding hydrogens is 434 g/mol. The van der Waals surface area contributed by atoms with Crippen LogP contribution in [0.3, 0.4) is 0 Å². The minimum absolute atomic E-state index is 0.0229. The van der Waals surface area contributed by atoms with E-state index in [9.17, 15) is 0 Å². The lowest BCUT2D eigenvalue weighted by Gasteiger charge is -2.28. The van der Waals surface area contributed by atoms with Crippen LogP contribution in [-0.2, 0) is 11.3 Å². The molecule has 0 amide bonds. The summed E-state index contributed by atoms with van der Waals surface area (Å²) in [6, 6.07) is 12.7. The Kier molecular flexibility index (Phi) is 8.21. The van der Waals surface area contributed by atoms with Crippen molar-refractivity contribution in [3.63, 3.8) is 0 Å². The van der Waals surface area contributed by atoms with Crippen LogP contribution in [0.15, 0.2) is 36.4 Å². The van der Waals surface area contributed by atoms with Gasteiger partial charge in [-0.2, -0.15) is 0 Å². The van der Waals surface area contributed by atoms with Gasteiger partial charge in [-0.05, 0) is 73.5 Å². The van der Waals surface area contributed by atoms with E-state index in [1.165, 1.54) is 36.2 Å². The van der Waals surface area contributed by atoms with Gasteiger partial charge in [0.2, 0.25) is 0 Å². The summed E-state index contributed by atoms with van der Waals surface area (Å²) in [5.41, 5.74) is 4.75. The third-order valence-corrected chi connectivity index (χ3v) is 7.76. The SMILES string of the molecule is CCC(Cl)C(C)OCc1cccc(-c2ccc3c(c2)OC(CCN2CC[C@H](C)C2)CO3)c1C. The van der Waals surface area contributed by atoms with Gasteiger partial charge in [-0.3, -0.25) is 0 Å². The van der Waals surface area contributed by atoms with Crippen LogP contribution in [0.1, 0.15) is 51.2 Å². The van der Waals surface area contributed by atoms with Gasteiger partial charge < -0.3 is 19.1 Å². The van der Waals surface area contributed by atoms with Crippen molar-refractivity contribution in [1.82, 2.24) is 4.90 Å². The minimum Gasteiger partial charge on any atom is -0.486 e. The van der Waals surface area contributed by atoms with Gasteiger partial charge >= 0.3 is 0 Å². The van der Waals surface area contributed by atoms with Crippen molar-refractivity contribution in [2.45, 2.75) is 71.1 Å². The van der Waals surface area contributed by atoms with E-state index in [-0.39, 0.29) is 17.6 Å². The highest BCUT2D eigenvalue weighted by Crippen LogP contribution is 2.38. The zero-order valence-electron chi connectivity index (χ0n) is 20.5. The fourth-order valence-corrected chi connectivity index (χ4v) is 4.86. The summed E-state index contributed by atoms with van der Waals surface area (Å²) >= 11 is 6.34. The summed E-state index contributed by atoms with van der Waals surface area (Å²) in [6.45, 7) is 13.3. The molecule has 2 aliphatic rings. The molecule has 0 bridgehead atoms. The maximum absolute atomic E-state index is 6.38. The standard InChI is InChI=1S/C28H38ClNO3/c1-5-26(29)21(4)31-17-23-7-6-8-25(20(23)3)22-9-10-27-28(15-22)33-24(18-32-27)12-14-30-13-11-19(2)16-30/h6-10,15,19,21,24,26H,5,11-14,16-18H2,1-4H3/t19-,21?,24?,26?/m0/s1. The molecule has 4 atom stereocenters. The minimum atomic E-state index is 0.0229. The Balaban J connectivity index is 1.43. The summed E-state index contributed by atoms with van der Waals surface area (Å²) in [5, 5.41) is 0.0353. The lowest BCUT2D eigenvalue weighted by molar-refractivity contribution is 0.0495. The smallest absolute Gasteiger partial charge is 0.162 e. The van der Waals surface area contributed by atoms with Crippen LogP contribution < -0.4 is 9.47 Å². The zero-order valence-corrected chi connectivity index (χ0v) is 21.2. The summed E-state index contributed by atoms with van der Waals surface area (Å²) in [6.07, 6.45) is 3.33. The summed E-state index contributed by atoms with van der Waals surface area (Å²) in [5.74, 6) is 2.50. The van der Waals surface area contributed by atoms with Crippen LogP contribution in [0.4, 0.5) is 0 Å². The first kappa shape index (κ1) is 24.4. The van der Waals surface area contributed by atoms with Crippen LogP contribution in [0.5, 0.6) is 11.5 Å². The van der Waals surface area contributed by atoms with Crippen LogP contribution in [0.25, 0.3) is 11.1 Å². The average molecular weight is 472 g/mol. The van der Waals surface area contributed by atoms with Gasteiger partial charge in [-0.1, -0.05) is 38.1 Å². The number of rotatable bonds is 9. The lowest BCUT2D eigenvalue weighted by atomic mass is 9.96. The molecular formula is C28H38ClNO3. The molecule has 1 saturated heterocycles. The number of hydrogen-bond donors (Lipinski definition) is 0. The molecule has 0 spiro atoms. The van der Waals surface area contributed by atoms with E-state index in [2.05, 4.69) is 56.0 Å². The fourth-order valence-electron chi connectivity index (χ4n) is 4.79. The highest BCUT2D eigenvalue weighted by molar-refractivity contribution is 6.20. The lowest BCUT2D eigenvalue weighted by Crippen LogP contribution is -2.33. The number of alkyl halides is 1. The van der Waals surface area contributed by atoms with Crippen molar-refractivity contribution in [2.75, 3.05) is 26.2 Å². The molecule has 4 nitrogen and oxygen atoms in total. The average Bonchev–Trinajstić information content (AvgIpc) is 3.25.